The quantitative estimate of drug-likeness (QED) is 0.932. The summed E-state index contributed by atoms with van der Waals surface area (Å²) in [5.41, 5.74) is 3.15. The minimum atomic E-state index is -1.23. The van der Waals surface area contributed by atoms with E-state index in [0.29, 0.717) is 6.54 Å². The monoisotopic (exact) mass is 271 g/mol. The van der Waals surface area contributed by atoms with Crippen LogP contribution in [0.5, 0.6) is 0 Å². The first-order valence-electron chi connectivity index (χ1n) is 6.44. The molecule has 3 rings (SSSR count). The smallest absolute Gasteiger partial charge is 0.338 e. The van der Waals surface area contributed by atoms with Crippen LogP contribution in [0, 0.1) is 5.82 Å². The van der Waals surface area contributed by atoms with Crippen molar-refractivity contribution in [2.24, 2.45) is 0 Å². The van der Waals surface area contributed by atoms with Gasteiger partial charge in [-0.25, -0.2) is 9.18 Å². The van der Waals surface area contributed by atoms with E-state index in [1.54, 1.807) is 6.07 Å². The Labute approximate surface area is 116 Å². The van der Waals surface area contributed by atoms with Gasteiger partial charge in [0.1, 0.15) is 5.82 Å². The van der Waals surface area contributed by atoms with Crippen molar-refractivity contribution in [2.75, 3.05) is 0 Å². The van der Waals surface area contributed by atoms with Crippen LogP contribution in [0.4, 0.5) is 4.39 Å². The van der Waals surface area contributed by atoms with E-state index in [4.69, 9.17) is 5.11 Å². The Morgan fingerprint density at radius 2 is 1.80 bits per heavy atom. The van der Waals surface area contributed by atoms with E-state index in [1.165, 1.54) is 23.3 Å². The van der Waals surface area contributed by atoms with Crippen LogP contribution in [-0.2, 0) is 19.6 Å². The van der Waals surface area contributed by atoms with E-state index in [2.05, 4.69) is 17.0 Å². The predicted molar refractivity (Wildman–Crippen MR) is 72.8 cm³/mol. The third-order valence-corrected chi connectivity index (χ3v) is 3.57. The van der Waals surface area contributed by atoms with E-state index in [9.17, 15) is 9.18 Å². The molecule has 0 radical (unpaired) electrons. The zero-order chi connectivity index (χ0) is 14.1. The molecule has 0 unspecified atom stereocenters. The van der Waals surface area contributed by atoms with Crippen molar-refractivity contribution in [3.63, 3.8) is 0 Å². The Hall–Kier alpha value is -2.20. The number of carbonyl (C=O) groups is 1. The number of carboxylic acid groups (broad SMARTS) is 1. The molecule has 0 bridgehead atoms. The minimum absolute atomic E-state index is 0.265. The Morgan fingerprint density at radius 1 is 1.15 bits per heavy atom. The highest BCUT2D eigenvalue weighted by molar-refractivity contribution is 5.88. The molecule has 3 nitrogen and oxygen atoms in total. The molecule has 0 fully saturated rings. The molecule has 1 N–H and O–H groups in total. The fourth-order valence-corrected chi connectivity index (χ4v) is 2.61. The van der Waals surface area contributed by atoms with Gasteiger partial charge >= 0.3 is 5.97 Å². The molecule has 0 saturated carbocycles. The van der Waals surface area contributed by atoms with Gasteiger partial charge in [0.2, 0.25) is 0 Å². The third kappa shape index (κ3) is 2.42. The van der Waals surface area contributed by atoms with Crippen molar-refractivity contribution in [2.45, 2.75) is 19.6 Å². The maximum Gasteiger partial charge on any atom is 0.338 e. The van der Waals surface area contributed by atoms with Crippen LogP contribution in [0.25, 0.3) is 0 Å². The molecule has 0 atom stereocenters. The average Bonchev–Trinajstić information content (AvgIpc) is 2.82. The second kappa shape index (κ2) is 5.06. The van der Waals surface area contributed by atoms with Crippen LogP contribution < -0.4 is 0 Å². The summed E-state index contributed by atoms with van der Waals surface area (Å²) in [6.07, 6.45) is 0. The second-order valence-electron chi connectivity index (χ2n) is 5.03. The molecule has 1 heterocycles. The first-order chi connectivity index (χ1) is 9.63. The van der Waals surface area contributed by atoms with Gasteiger partial charge in [-0.3, -0.25) is 4.90 Å². The molecule has 0 amide bonds. The van der Waals surface area contributed by atoms with E-state index in [0.717, 1.165) is 18.7 Å². The highest BCUT2D eigenvalue weighted by Crippen LogP contribution is 2.24. The summed E-state index contributed by atoms with van der Waals surface area (Å²) in [6, 6.07) is 12.5. The number of benzene rings is 2. The fourth-order valence-electron chi connectivity index (χ4n) is 2.61. The number of fused-ring (bicyclic) bond motifs is 1. The zero-order valence-corrected chi connectivity index (χ0v) is 10.8. The largest absolute Gasteiger partial charge is 0.478 e. The minimum Gasteiger partial charge on any atom is -0.478 e. The maximum absolute atomic E-state index is 13.4. The van der Waals surface area contributed by atoms with Gasteiger partial charge in [0.05, 0.1) is 5.56 Å². The number of hydrogen-bond acceptors (Lipinski definition) is 2. The van der Waals surface area contributed by atoms with Crippen molar-refractivity contribution >= 4 is 5.97 Å². The lowest BCUT2D eigenvalue weighted by molar-refractivity contribution is 0.0691. The molecule has 0 aromatic heterocycles. The second-order valence-corrected chi connectivity index (χ2v) is 5.03. The van der Waals surface area contributed by atoms with Gasteiger partial charge < -0.3 is 5.11 Å². The fraction of sp³-hybridized carbons (Fsp3) is 0.188. The van der Waals surface area contributed by atoms with Crippen molar-refractivity contribution < 1.29 is 14.3 Å². The average molecular weight is 271 g/mol. The van der Waals surface area contributed by atoms with Crippen LogP contribution in [0.2, 0.25) is 0 Å². The molecule has 20 heavy (non-hydrogen) atoms. The van der Waals surface area contributed by atoms with Crippen molar-refractivity contribution in [1.29, 1.82) is 0 Å². The molecule has 102 valence electrons. The summed E-state index contributed by atoms with van der Waals surface area (Å²) in [5.74, 6) is -1.92. The number of hydrogen-bond donors (Lipinski definition) is 1. The Balaban J connectivity index is 1.77. The highest BCUT2D eigenvalue weighted by Gasteiger charge is 2.19. The van der Waals surface area contributed by atoms with E-state index in [1.807, 2.05) is 12.1 Å². The predicted octanol–water partition coefficient (Wildman–Crippen LogP) is 3.04. The van der Waals surface area contributed by atoms with Crippen molar-refractivity contribution in [3.05, 3.63) is 70.5 Å². The van der Waals surface area contributed by atoms with Crippen molar-refractivity contribution in [3.8, 4) is 0 Å². The standard InChI is InChI=1S/C16H14FNO2/c17-15-6-5-11(7-14(15)16(19)20)8-18-9-12-3-1-2-4-13(12)10-18/h1-7H,8-10H2,(H,19,20). The molecule has 1 aliphatic heterocycles. The third-order valence-electron chi connectivity index (χ3n) is 3.57. The molecule has 1 aliphatic rings. The summed E-state index contributed by atoms with van der Waals surface area (Å²) in [7, 11) is 0. The molecule has 0 saturated heterocycles. The van der Waals surface area contributed by atoms with E-state index < -0.39 is 11.8 Å². The summed E-state index contributed by atoms with van der Waals surface area (Å²) < 4.78 is 13.4. The summed E-state index contributed by atoms with van der Waals surface area (Å²) in [4.78, 5) is 13.1. The Kier molecular flexibility index (Phi) is 3.24. The van der Waals surface area contributed by atoms with E-state index >= 15 is 0 Å². The number of aromatic carboxylic acids is 1. The summed E-state index contributed by atoms with van der Waals surface area (Å²) in [5, 5.41) is 8.94. The highest BCUT2D eigenvalue weighted by atomic mass is 19.1. The van der Waals surface area contributed by atoms with Gasteiger partial charge in [-0.05, 0) is 28.8 Å². The van der Waals surface area contributed by atoms with Gasteiger partial charge in [-0.15, -0.1) is 0 Å². The van der Waals surface area contributed by atoms with Crippen LogP contribution >= 0.6 is 0 Å². The van der Waals surface area contributed by atoms with Crippen molar-refractivity contribution in [1.82, 2.24) is 4.90 Å². The Morgan fingerprint density at radius 3 is 2.40 bits per heavy atom. The summed E-state index contributed by atoms with van der Waals surface area (Å²) >= 11 is 0. The molecular weight excluding hydrogens is 257 g/mol. The molecule has 2 aromatic carbocycles. The zero-order valence-electron chi connectivity index (χ0n) is 10.8. The molecular formula is C16H14FNO2. The van der Waals surface area contributed by atoms with Gasteiger partial charge in [-0.2, -0.15) is 0 Å². The summed E-state index contributed by atoms with van der Waals surface area (Å²) in [6.45, 7) is 2.31. The van der Waals surface area contributed by atoms with Crippen LogP contribution in [0.15, 0.2) is 42.5 Å². The number of carboxylic acids is 1. The van der Waals surface area contributed by atoms with Gasteiger partial charge in [0.15, 0.2) is 0 Å². The first-order valence-corrected chi connectivity index (χ1v) is 6.44. The van der Waals surface area contributed by atoms with Crippen LogP contribution in [-0.4, -0.2) is 16.0 Å². The van der Waals surface area contributed by atoms with Crippen LogP contribution in [0.1, 0.15) is 27.0 Å². The SMILES string of the molecule is O=C(O)c1cc(CN2Cc3ccccc3C2)ccc1F. The topological polar surface area (TPSA) is 40.5 Å². The lowest BCUT2D eigenvalue weighted by Gasteiger charge is -2.15. The van der Waals surface area contributed by atoms with E-state index in [-0.39, 0.29) is 5.56 Å². The first kappa shape index (κ1) is 12.8. The number of halogens is 1. The lowest BCUT2D eigenvalue weighted by Crippen LogP contribution is -2.16. The lowest BCUT2D eigenvalue weighted by atomic mass is 10.1. The molecule has 0 aliphatic carbocycles. The molecule has 2 aromatic rings. The molecule has 4 heteroatoms. The van der Waals surface area contributed by atoms with Gasteiger partial charge in [-0.1, -0.05) is 30.3 Å². The number of rotatable bonds is 3. The maximum atomic E-state index is 13.4. The van der Waals surface area contributed by atoms with Crippen LogP contribution in [0.3, 0.4) is 0 Å². The molecule has 0 spiro atoms. The Bertz CT molecular complexity index is 644. The number of nitrogens with zero attached hydrogens (tertiary/aromatic N) is 1. The van der Waals surface area contributed by atoms with Gasteiger partial charge in [0, 0.05) is 19.6 Å². The van der Waals surface area contributed by atoms with Gasteiger partial charge in [0.25, 0.3) is 0 Å². The normalized spacial score (nSPS) is 14.2.